The van der Waals surface area contributed by atoms with Gasteiger partial charge in [-0.3, -0.25) is 14.5 Å². The smallest absolute Gasteiger partial charge is 0.268 e. The van der Waals surface area contributed by atoms with Crippen LogP contribution in [-0.2, 0) is 15.0 Å². The molecule has 2 aromatic rings. The molecule has 1 heterocycles. The van der Waals surface area contributed by atoms with E-state index in [1.54, 1.807) is 6.92 Å². The number of aryl methyl sites for hydroxylation is 1. The maximum absolute atomic E-state index is 12.6. The number of nitrogens with one attached hydrogen (secondary N) is 1. The summed E-state index contributed by atoms with van der Waals surface area (Å²) in [6, 6.07) is 13.4. The zero-order chi connectivity index (χ0) is 19.8. The molecule has 2 amide bonds. The van der Waals surface area contributed by atoms with Crippen LogP contribution in [0.2, 0.25) is 0 Å². The Morgan fingerprint density at radius 3 is 2.44 bits per heavy atom. The van der Waals surface area contributed by atoms with E-state index in [2.05, 4.69) is 26.1 Å². The maximum Gasteiger partial charge on any atom is 0.268 e. The number of anilines is 2. The molecule has 27 heavy (non-hydrogen) atoms. The van der Waals surface area contributed by atoms with Crippen LogP contribution in [0.15, 0.2) is 42.5 Å². The molecule has 0 spiro atoms. The minimum Gasteiger partial charge on any atom is -0.479 e. The van der Waals surface area contributed by atoms with Gasteiger partial charge in [-0.25, -0.2) is 0 Å². The summed E-state index contributed by atoms with van der Waals surface area (Å²) in [6.07, 6.45) is -0.612. The van der Waals surface area contributed by atoms with Crippen molar-refractivity contribution < 1.29 is 14.3 Å². The second kappa shape index (κ2) is 7.06. The lowest BCUT2D eigenvalue weighted by atomic mass is 9.87. The topological polar surface area (TPSA) is 58.6 Å². The molecule has 5 heteroatoms. The van der Waals surface area contributed by atoms with Gasteiger partial charge in [0.05, 0.1) is 5.69 Å². The van der Waals surface area contributed by atoms with Gasteiger partial charge in [-0.15, -0.1) is 0 Å². The largest absolute Gasteiger partial charge is 0.479 e. The molecule has 0 fully saturated rings. The van der Waals surface area contributed by atoms with Crippen LogP contribution in [0, 0.1) is 6.92 Å². The predicted octanol–water partition coefficient (Wildman–Crippen LogP) is 4.05. The van der Waals surface area contributed by atoms with Gasteiger partial charge in [0.2, 0.25) is 5.91 Å². The lowest BCUT2D eigenvalue weighted by molar-refractivity contribution is -0.127. The first kappa shape index (κ1) is 19.0. The van der Waals surface area contributed by atoms with Crippen molar-refractivity contribution in [2.24, 2.45) is 0 Å². The molecule has 2 aromatic carbocycles. The summed E-state index contributed by atoms with van der Waals surface area (Å²) >= 11 is 0. The molecule has 1 aliphatic rings. The molecule has 0 saturated heterocycles. The fourth-order valence-electron chi connectivity index (χ4n) is 3.08. The van der Waals surface area contributed by atoms with Crippen molar-refractivity contribution in [1.29, 1.82) is 0 Å². The van der Waals surface area contributed by atoms with Crippen molar-refractivity contribution in [2.45, 2.75) is 46.1 Å². The lowest BCUT2D eigenvalue weighted by Crippen LogP contribution is -2.47. The molecule has 0 aromatic heterocycles. The number of ether oxygens (including phenoxy) is 1. The van der Waals surface area contributed by atoms with Crippen molar-refractivity contribution in [1.82, 2.24) is 0 Å². The third-order valence-electron chi connectivity index (χ3n) is 4.66. The fourth-order valence-corrected chi connectivity index (χ4v) is 3.08. The number of nitrogens with zero attached hydrogens (tertiary/aromatic N) is 1. The van der Waals surface area contributed by atoms with Gasteiger partial charge in [-0.1, -0.05) is 39.0 Å². The van der Waals surface area contributed by atoms with Gasteiger partial charge in [0, 0.05) is 5.69 Å². The molecular formula is C22H26N2O3. The molecule has 1 atom stereocenters. The van der Waals surface area contributed by atoms with E-state index in [1.807, 2.05) is 49.4 Å². The minimum atomic E-state index is -0.612. The van der Waals surface area contributed by atoms with Gasteiger partial charge in [-0.2, -0.15) is 0 Å². The highest BCUT2D eigenvalue weighted by atomic mass is 16.5. The zero-order valence-corrected chi connectivity index (χ0v) is 16.5. The van der Waals surface area contributed by atoms with Crippen LogP contribution in [0.5, 0.6) is 5.75 Å². The van der Waals surface area contributed by atoms with Crippen molar-refractivity contribution in [3.63, 3.8) is 0 Å². The molecule has 0 saturated carbocycles. The Morgan fingerprint density at radius 1 is 1.15 bits per heavy atom. The first-order chi connectivity index (χ1) is 12.6. The van der Waals surface area contributed by atoms with E-state index in [4.69, 9.17) is 4.74 Å². The van der Waals surface area contributed by atoms with Crippen molar-refractivity contribution in [3.8, 4) is 5.75 Å². The number of hydrogen-bond donors (Lipinski definition) is 1. The third kappa shape index (κ3) is 4.13. The molecule has 5 nitrogen and oxygen atoms in total. The number of rotatable bonds is 3. The number of benzene rings is 2. The fraction of sp³-hybridized carbons (Fsp3) is 0.364. The quantitative estimate of drug-likeness (QED) is 0.892. The maximum atomic E-state index is 12.6. The average molecular weight is 366 g/mol. The molecule has 0 aliphatic carbocycles. The summed E-state index contributed by atoms with van der Waals surface area (Å²) in [5, 5.41) is 2.88. The Kier molecular flexibility index (Phi) is 4.96. The third-order valence-corrected chi connectivity index (χ3v) is 4.66. The second-order valence-electron chi connectivity index (χ2n) is 8.03. The van der Waals surface area contributed by atoms with Crippen molar-refractivity contribution in [3.05, 3.63) is 53.6 Å². The van der Waals surface area contributed by atoms with Crippen LogP contribution in [0.4, 0.5) is 11.4 Å². The Labute approximate surface area is 160 Å². The van der Waals surface area contributed by atoms with Crippen LogP contribution in [-0.4, -0.2) is 24.5 Å². The first-order valence-corrected chi connectivity index (χ1v) is 9.14. The summed E-state index contributed by atoms with van der Waals surface area (Å²) in [7, 11) is 0. The van der Waals surface area contributed by atoms with Gasteiger partial charge in [0.1, 0.15) is 12.3 Å². The van der Waals surface area contributed by atoms with E-state index in [1.165, 1.54) is 10.5 Å². The highest BCUT2D eigenvalue weighted by Crippen LogP contribution is 2.34. The van der Waals surface area contributed by atoms with E-state index in [0.29, 0.717) is 17.1 Å². The second-order valence-corrected chi connectivity index (χ2v) is 8.03. The van der Waals surface area contributed by atoms with Crippen LogP contribution < -0.4 is 15.0 Å². The normalized spacial score (nSPS) is 16.6. The SMILES string of the molecule is Cc1ccc2c(c1)N(CC(=O)Nc1ccc(C(C)(C)C)cc1)C(=O)C(C)O2. The van der Waals surface area contributed by atoms with Gasteiger partial charge in [0.15, 0.2) is 6.10 Å². The lowest BCUT2D eigenvalue weighted by Gasteiger charge is -2.32. The number of fused-ring (bicyclic) bond motifs is 1. The van der Waals surface area contributed by atoms with Gasteiger partial charge in [0.25, 0.3) is 5.91 Å². The number of carbonyl (C=O) groups is 2. The molecule has 1 aliphatic heterocycles. The summed E-state index contributed by atoms with van der Waals surface area (Å²) < 4.78 is 5.65. The molecule has 0 bridgehead atoms. The van der Waals surface area contributed by atoms with Crippen LogP contribution in [0.3, 0.4) is 0 Å². The number of hydrogen-bond acceptors (Lipinski definition) is 3. The molecule has 1 N–H and O–H groups in total. The molecule has 142 valence electrons. The Hall–Kier alpha value is -2.82. The number of amides is 2. The summed E-state index contributed by atoms with van der Waals surface area (Å²) in [5.41, 5.74) is 3.60. The highest BCUT2D eigenvalue weighted by Gasteiger charge is 2.32. The summed E-state index contributed by atoms with van der Waals surface area (Å²) in [6.45, 7) is 10.0. The standard InChI is InChI=1S/C22H26N2O3/c1-14-6-11-19-18(12-14)24(21(26)15(2)27-19)13-20(25)23-17-9-7-16(8-10-17)22(3,4)5/h6-12,15H,13H2,1-5H3,(H,23,25). The van der Waals surface area contributed by atoms with Gasteiger partial charge in [-0.05, 0) is 54.7 Å². The van der Waals surface area contributed by atoms with Crippen molar-refractivity contribution >= 4 is 23.2 Å². The van der Waals surface area contributed by atoms with Crippen molar-refractivity contribution in [2.75, 3.05) is 16.8 Å². The monoisotopic (exact) mass is 366 g/mol. The Bertz CT molecular complexity index is 866. The Morgan fingerprint density at radius 2 is 1.81 bits per heavy atom. The summed E-state index contributed by atoms with van der Waals surface area (Å²) in [5.74, 6) is 0.162. The molecule has 1 unspecified atom stereocenters. The molecular weight excluding hydrogens is 340 g/mol. The Balaban J connectivity index is 1.76. The molecule has 3 rings (SSSR count). The minimum absolute atomic E-state index is 0.0516. The van der Waals surface area contributed by atoms with Gasteiger partial charge >= 0.3 is 0 Å². The summed E-state index contributed by atoms with van der Waals surface area (Å²) in [4.78, 5) is 26.6. The number of carbonyl (C=O) groups excluding carboxylic acids is 2. The first-order valence-electron chi connectivity index (χ1n) is 9.14. The van der Waals surface area contributed by atoms with Gasteiger partial charge < -0.3 is 10.1 Å². The van der Waals surface area contributed by atoms with E-state index in [0.717, 1.165) is 5.56 Å². The average Bonchev–Trinajstić information content (AvgIpc) is 2.59. The van der Waals surface area contributed by atoms with E-state index in [-0.39, 0.29) is 23.8 Å². The van der Waals surface area contributed by atoms with Crippen LogP contribution >= 0.6 is 0 Å². The van der Waals surface area contributed by atoms with Crippen LogP contribution in [0.1, 0.15) is 38.8 Å². The highest BCUT2D eigenvalue weighted by molar-refractivity contribution is 6.06. The van der Waals surface area contributed by atoms with Crippen LogP contribution in [0.25, 0.3) is 0 Å². The van der Waals surface area contributed by atoms with E-state index in [9.17, 15) is 9.59 Å². The molecule has 0 radical (unpaired) electrons. The zero-order valence-electron chi connectivity index (χ0n) is 16.5. The van der Waals surface area contributed by atoms with E-state index >= 15 is 0 Å². The predicted molar refractivity (Wildman–Crippen MR) is 107 cm³/mol. The van der Waals surface area contributed by atoms with E-state index < -0.39 is 6.10 Å².